The molecule has 0 aliphatic rings. The van der Waals surface area contributed by atoms with E-state index >= 15 is 0 Å². The first-order valence-corrected chi connectivity index (χ1v) is 4.45. The molecular formula is C10H12N4. The Morgan fingerprint density at radius 2 is 1.93 bits per heavy atom. The number of hydrogen-bond acceptors (Lipinski definition) is 3. The van der Waals surface area contributed by atoms with Gasteiger partial charge < -0.3 is 10.3 Å². The lowest BCUT2D eigenvalue weighted by atomic mass is 10.1. The predicted molar refractivity (Wildman–Crippen MR) is 54.7 cm³/mol. The molecular weight excluding hydrogens is 176 g/mol. The van der Waals surface area contributed by atoms with Crippen molar-refractivity contribution in [2.45, 2.75) is 6.42 Å². The summed E-state index contributed by atoms with van der Waals surface area (Å²) in [5.41, 5.74) is 6.79. The van der Waals surface area contributed by atoms with E-state index < -0.39 is 0 Å². The molecule has 0 saturated carbocycles. The molecule has 0 radical (unpaired) electrons. The minimum absolute atomic E-state index is 0.455. The summed E-state index contributed by atoms with van der Waals surface area (Å²) < 4.78 is 1.80. The van der Waals surface area contributed by atoms with Gasteiger partial charge in [-0.2, -0.15) is 0 Å². The molecule has 2 N–H and O–H groups in total. The average molecular weight is 188 g/mol. The van der Waals surface area contributed by atoms with Gasteiger partial charge in [-0.25, -0.2) is 0 Å². The second-order valence-corrected chi connectivity index (χ2v) is 3.20. The molecule has 2 rings (SSSR count). The first-order chi connectivity index (χ1) is 6.77. The summed E-state index contributed by atoms with van der Waals surface area (Å²) in [6.45, 7) is 0. The van der Waals surface area contributed by atoms with E-state index in [1.807, 2.05) is 25.2 Å². The lowest BCUT2D eigenvalue weighted by Crippen LogP contribution is -2.02. The number of nitrogen functional groups attached to an aromatic ring is 1. The van der Waals surface area contributed by atoms with Crippen LogP contribution in [0.5, 0.6) is 0 Å². The third-order valence-corrected chi connectivity index (χ3v) is 2.20. The number of benzene rings is 1. The molecule has 0 fully saturated rings. The third kappa shape index (κ3) is 1.59. The van der Waals surface area contributed by atoms with Crippen LogP contribution >= 0.6 is 0 Å². The second-order valence-electron chi connectivity index (χ2n) is 3.20. The van der Waals surface area contributed by atoms with E-state index in [4.69, 9.17) is 5.73 Å². The summed E-state index contributed by atoms with van der Waals surface area (Å²) in [6.07, 6.45) is 0.765. The Kier molecular flexibility index (Phi) is 2.18. The highest BCUT2D eigenvalue weighted by atomic mass is 15.3. The summed E-state index contributed by atoms with van der Waals surface area (Å²) in [5, 5.41) is 7.80. The Balaban J connectivity index is 2.23. The van der Waals surface area contributed by atoms with Gasteiger partial charge in [0, 0.05) is 13.5 Å². The van der Waals surface area contributed by atoms with Crippen molar-refractivity contribution in [3.63, 3.8) is 0 Å². The van der Waals surface area contributed by atoms with Gasteiger partial charge in [-0.15, -0.1) is 10.2 Å². The van der Waals surface area contributed by atoms with Crippen LogP contribution in [0.2, 0.25) is 0 Å². The minimum Gasteiger partial charge on any atom is -0.368 e. The van der Waals surface area contributed by atoms with Crippen LogP contribution < -0.4 is 5.73 Å². The molecule has 4 heteroatoms. The molecule has 0 unspecified atom stereocenters. The quantitative estimate of drug-likeness (QED) is 0.764. The van der Waals surface area contributed by atoms with E-state index in [1.165, 1.54) is 5.56 Å². The average Bonchev–Trinajstić information content (AvgIpc) is 2.52. The van der Waals surface area contributed by atoms with Gasteiger partial charge in [0.2, 0.25) is 5.95 Å². The van der Waals surface area contributed by atoms with Crippen LogP contribution in [0.4, 0.5) is 5.95 Å². The smallest absolute Gasteiger partial charge is 0.221 e. The fraction of sp³-hybridized carbons (Fsp3) is 0.200. The summed E-state index contributed by atoms with van der Waals surface area (Å²) in [5.74, 6) is 1.34. The third-order valence-electron chi connectivity index (χ3n) is 2.20. The van der Waals surface area contributed by atoms with E-state index in [0.717, 1.165) is 12.2 Å². The highest BCUT2D eigenvalue weighted by Gasteiger charge is 2.05. The van der Waals surface area contributed by atoms with E-state index in [0.29, 0.717) is 5.95 Å². The highest BCUT2D eigenvalue weighted by molar-refractivity contribution is 5.23. The van der Waals surface area contributed by atoms with Crippen LogP contribution in [0.25, 0.3) is 0 Å². The van der Waals surface area contributed by atoms with E-state index in [2.05, 4.69) is 22.3 Å². The first kappa shape index (κ1) is 8.74. The second kappa shape index (κ2) is 3.49. The molecule has 1 aromatic heterocycles. The maximum Gasteiger partial charge on any atom is 0.221 e. The zero-order chi connectivity index (χ0) is 9.97. The van der Waals surface area contributed by atoms with Gasteiger partial charge in [-0.1, -0.05) is 30.3 Å². The molecule has 0 saturated heterocycles. The highest BCUT2D eigenvalue weighted by Crippen LogP contribution is 2.07. The number of hydrogen-bond donors (Lipinski definition) is 1. The number of anilines is 1. The predicted octanol–water partition coefficient (Wildman–Crippen LogP) is 0.988. The molecule has 0 atom stereocenters. The monoisotopic (exact) mass is 188 g/mol. The molecule has 1 aromatic carbocycles. The number of nitrogens with two attached hydrogens (primary N) is 1. The maximum absolute atomic E-state index is 5.58. The molecule has 0 aliphatic heterocycles. The zero-order valence-corrected chi connectivity index (χ0v) is 8.01. The molecule has 72 valence electrons. The van der Waals surface area contributed by atoms with Gasteiger partial charge in [-0.3, -0.25) is 0 Å². The van der Waals surface area contributed by atoms with Gasteiger partial charge in [0.1, 0.15) is 5.82 Å². The van der Waals surface area contributed by atoms with Crippen LogP contribution in [-0.4, -0.2) is 14.8 Å². The summed E-state index contributed by atoms with van der Waals surface area (Å²) >= 11 is 0. The Morgan fingerprint density at radius 1 is 1.21 bits per heavy atom. The first-order valence-electron chi connectivity index (χ1n) is 4.45. The van der Waals surface area contributed by atoms with Gasteiger partial charge >= 0.3 is 0 Å². The maximum atomic E-state index is 5.58. The van der Waals surface area contributed by atoms with Crippen molar-refractivity contribution in [2.24, 2.45) is 7.05 Å². The Hall–Kier alpha value is -1.84. The summed E-state index contributed by atoms with van der Waals surface area (Å²) in [4.78, 5) is 0. The SMILES string of the molecule is Cn1c(N)nnc1Cc1ccccc1. The minimum atomic E-state index is 0.455. The van der Waals surface area contributed by atoms with Gasteiger partial charge in [-0.05, 0) is 5.56 Å². The fourth-order valence-corrected chi connectivity index (χ4v) is 1.31. The number of nitrogens with zero attached hydrogens (tertiary/aromatic N) is 3. The Labute approximate surface area is 82.4 Å². The van der Waals surface area contributed by atoms with Crippen molar-refractivity contribution < 1.29 is 0 Å². The van der Waals surface area contributed by atoms with E-state index in [9.17, 15) is 0 Å². The summed E-state index contributed by atoms with van der Waals surface area (Å²) in [7, 11) is 1.87. The molecule has 2 aromatic rings. The van der Waals surface area contributed by atoms with E-state index in [1.54, 1.807) is 4.57 Å². The molecule has 0 aliphatic carbocycles. The topological polar surface area (TPSA) is 56.7 Å². The van der Waals surface area contributed by atoms with Gasteiger partial charge in [0.15, 0.2) is 0 Å². The van der Waals surface area contributed by atoms with Gasteiger partial charge in [0.25, 0.3) is 0 Å². The molecule has 1 heterocycles. The molecule has 0 bridgehead atoms. The fourth-order valence-electron chi connectivity index (χ4n) is 1.31. The van der Waals surface area contributed by atoms with Crippen LogP contribution in [0.15, 0.2) is 30.3 Å². The van der Waals surface area contributed by atoms with Crippen molar-refractivity contribution in [1.82, 2.24) is 14.8 Å². The van der Waals surface area contributed by atoms with Crippen molar-refractivity contribution in [2.75, 3.05) is 5.73 Å². The molecule has 14 heavy (non-hydrogen) atoms. The normalized spacial score (nSPS) is 10.4. The van der Waals surface area contributed by atoms with Crippen LogP contribution in [0.1, 0.15) is 11.4 Å². The summed E-state index contributed by atoms with van der Waals surface area (Å²) in [6, 6.07) is 10.1. The standard InChI is InChI=1S/C10H12N4/c1-14-9(12-13-10(14)11)7-8-5-3-2-4-6-8/h2-6H,7H2,1H3,(H2,11,13). The number of aromatic nitrogens is 3. The van der Waals surface area contributed by atoms with Crippen molar-refractivity contribution in [3.05, 3.63) is 41.7 Å². The Morgan fingerprint density at radius 3 is 2.50 bits per heavy atom. The van der Waals surface area contributed by atoms with Gasteiger partial charge in [0.05, 0.1) is 0 Å². The molecule has 4 nitrogen and oxygen atoms in total. The molecule has 0 amide bonds. The van der Waals surface area contributed by atoms with Crippen LogP contribution in [0, 0.1) is 0 Å². The lowest BCUT2D eigenvalue weighted by molar-refractivity contribution is 0.828. The lowest BCUT2D eigenvalue weighted by Gasteiger charge is -2.00. The molecule has 0 spiro atoms. The zero-order valence-electron chi connectivity index (χ0n) is 8.01. The van der Waals surface area contributed by atoms with Crippen molar-refractivity contribution >= 4 is 5.95 Å². The van der Waals surface area contributed by atoms with Crippen molar-refractivity contribution in [3.8, 4) is 0 Å². The van der Waals surface area contributed by atoms with Crippen molar-refractivity contribution in [1.29, 1.82) is 0 Å². The van der Waals surface area contributed by atoms with Crippen LogP contribution in [0.3, 0.4) is 0 Å². The Bertz CT molecular complexity index is 419. The van der Waals surface area contributed by atoms with Crippen LogP contribution in [-0.2, 0) is 13.5 Å². The number of rotatable bonds is 2. The van der Waals surface area contributed by atoms with E-state index in [-0.39, 0.29) is 0 Å². The largest absolute Gasteiger partial charge is 0.368 e.